The summed E-state index contributed by atoms with van der Waals surface area (Å²) in [5.41, 5.74) is 2.73. The molecule has 14 heavy (non-hydrogen) atoms. The maximum Gasteiger partial charge on any atom is 0.163 e. The van der Waals surface area contributed by atoms with Crippen molar-refractivity contribution >= 4 is 5.78 Å². The molecule has 3 aliphatic carbocycles. The SMILES string of the molecule is O=C1C=C[C@H]2[C@@H]3c4ccccc4[C@@H]1[C@@H]23. The third-order valence-corrected chi connectivity index (χ3v) is 4.00. The van der Waals surface area contributed by atoms with Gasteiger partial charge in [0, 0.05) is 0 Å². The van der Waals surface area contributed by atoms with E-state index in [9.17, 15) is 4.79 Å². The molecular weight excluding hydrogens is 172 g/mol. The van der Waals surface area contributed by atoms with E-state index in [0.29, 0.717) is 23.5 Å². The zero-order valence-corrected chi connectivity index (χ0v) is 7.68. The Morgan fingerprint density at radius 3 is 2.71 bits per heavy atom. The van der Waals surface area contributed by atoms with Gasteiger partial charge in [-0.25, -0.2) is 0 Å². The number of rotatable bonds is 0. The summed E-state index contributed by atoms with van der Waals surface area (Å²) in [6.07, 6.45) is 3.91. The number of allylic oxidation sites excluding steroid dienone is 2. The van der Waals surface area contributed by atoms with Gasteiger partial charge in [0.25, 0.3) is 0 Å². The van der Waals surface area contributed by atoms with Crippen LogP contribution in [-0.4, -0.2) is 5.78 Å². The van der Waals surface area contributed by atoms with Gasteiger partial charge in [-0.2, -0.15) is 0 Å². The Hall–Kier alpha value is -1.37. The van der Waals surface area contributed by atoms with Crippen LogP contribution in [0.4, 0.5) is 0 Å². The van der Waals surface area contributed by atoms with Crippen LogP contribution in [0.3, 0.4) is 0 Å². The highest BCUT2D eigenvalue weighted by Gasteiger charge is 2.62. The number of hydrogen-bond acceptors (Lipinski definition) is 1. The molecule has 0 spiro atoms. The molecule has 1 nitrogen and oxygen atoms in total. The third kappa shape index (κ3) is 0.597. The van der Waals surface area contributed by atoms with Crippen molar-refractivity contribution < 1.29 is 4.79 Å². The number of carbonyl (C=O) groups excluding carboxylic acids is 1. The van der Waals surface area contributed by atoms with Gasteiger partial charge in [-0.3, -0.25) is 4.79 Å². The van der Waals surface area contributed by atoms with E-state index in [4.69, 9.17) is 0 Å². The predicted molar refractivity (Wildman–Crippen MR) is 53.1 cm³/mol. The number of hydrogen-bond donors (Lipinski definition) is 0. The van der Waals surface area contributed by atoms with Crippen molar-refractivity contribution in [1.29, 1.82) is 0 Å². The molecule has 0 amide bonds. The summed E-state index contributed by atoms with van der Waals surface area (Å²) in [7, 11) is 0. The molecule has 68 valence electrons. The van der Waals surface area contributed by atoms with Crippen LogP contribution in [0.2, 0.25) is 0 Å². The van der Waals surface area contributed by atoms with E-state index in [1.807, 2.05) is 6.07 Å². The van der Waals surface area contributed by atoms with Gasteiger partial charge < -0.3 is 0 Å². The van der Waals surface area contributed by atoms with Crippen LogP contribution >= 0.6 is 0 Å². The summed E-state index contributed by atoms with van der Waals surface area (Å²) in [5.74, 6) is 2.47. The van der Waals surface area contributed by atoms with Crippen molar-refractivity contribution in [3.8, 4) is 0 Å². The lowest BCUT2D eigenvalue weighted by molar-refractivity contribution is -0.116. The van der Waals surface area contributed by atoms with Crippen LogP contribution in [0.25, 0.3) is 0 Å². The van der Waals surface area contributed by atoms with E-state index < -0.39 is 0 Å². The Morgan fingerprint density at radius 1 is 1.07 bits per heavy atom. The molecule has 1 fully saturated rings. The minimum absolute atomic E-state index is 0.200. The van der Waals surface area contributed by atoms with E-state index >= 15 is 0 Å². The first kappa shape index (κ1) is 6.99. The van der Waals surface area contributed by atoms with Crippen LogP contribution in [0, 0.1) is 11.8 Å². The maximum atomic E-state index is 11.8. The Bertz CT molecular complexity index is 472. The van der Waals surface area contributed by atoms with E-state index in [1.165, 1.54) is 11.1 Å². The highest BCUT2D eigenvalue weighted by Crippen LogP contribution is 2.69. The molecular formula is C13H10O. The molecule has 0 unspecified atom stereocenters. The first-order chi connectivity index (χ1) is 6.88. The normalized spacial score (nSPS) is 40.7. The van der Waals surface area contributed by atoms with Gasteiger partial charge in [0.05, 0.1) is 5.92 Å². The van der Waals surface area contributed by atoms with Crippen LogP contribution < -0.4 is 0 Å². The minimum atomic E-state index is 0.200. The summed E-state index contributed by atoms with van der Waals surface area (Å²) in [4.78, 5) is 11.8. The van der Waals surface area contributed by atoms with Crippen molar-refractivity contribution in [2.45, 2.75) is 11.8 Å². The number of fused-ring (bicyclic) bond motifs is 4. The van der Waals surface area contributed by atoms with Crippen molar-refractivity contribution in [1.82, 2.24) is 0 Å². The summed E-state index contributed by atoms with van der Waals surface area (Å²) < 4.78 is 0. The fourth-order valence-corrected chi connectivity index (χ4v) is 3.41. The molecule has 0 heterocycles. The van der Waals surface area contributed by atoms with Gasteiger partial charge >= 0.3 is 0 Å². The molecule has 0 N–H and O–H groups in total. The molecule has 4 atom stereocenters. The van der Waals surface area contributed by atoms with Gasteiger partial charge in [-0.1, -0.05) is 30.3 Å². The highest BCUT2D eigenvalue weighted by atomic mass is 16.1. The molecule has 0 aromatic heterocycles. The smallest absolute Gasteiger partial charge is 0.163 e. The van der Waals surface area contributed by atoms with Gasteiger partial charge in [0.2, 0.25) is 0 Å². The zero-order chi connectivity index (χ0) is 9.28. The van der Waals surface area contributed by atoms with Crippen molar-refractivity contribution in [3.05, 3.63) is 47.5 Å². The lowest BCUT2D eigenvalue weighted by Crippen LogP contribution is -2.15. The van der Waals surface area contributed by atoms with Gasteiger partial charge in [0.15, 0.2) is 5.78 Å². The van der Waals surface area contributed by atoms with E-state index in [2.05, 4.69) is 24.3 Å². The Kier molecular flexibility index (Phi) is 0.999. The predicted octanol–water partition coefficient (Wildman–Crippen LogP) is 2.25. The average Bonchev–Trinajstić information content (AvgIpc) is 2.81. The van der Waals surface area contributed by atoms with Crippen LogP contribution in [0.5, 0.6) is 0 Å². The fraction of sp³-hybridized carbons (Fsp3) is 0.308. The summed E-state index contributed by atoms with van der Waals surface area (Å²) in [6, 6.07) is 8.45. The number of ketones is 1. The van der Waals surface area contributed by atoms with E-state index in [-0.39, 0.29) is 5.92 Å². The standard InChI is InChI=1S/C13H10O/c14-10-6-5-9-11-7-3-1-2-4-8(7)12(10)13(9)11/h1-6,9,11-13H/t9-,11-,12-,13-/m0/s1. The second kappa shape index (κ2) is 2.00. The zero-order valence-electron chi connectivity index (χ0n) is 7.68. The lowest BCUT2D eigenvalue weighted by atomic mass is 9.86. The van der Waals surface area contributed by atoms with Crippen LogP contribution in [0.15, 0.2) is 36.4 Å². The monoisotopic (exact) mass is 182 g/mol. The molecule has 0 aliphatic heterocycles. The van der Waals surface area contributed by atoms with Crippen molar-refractivity contribution in [2.24, 2.45) is 11.8 Å². The van der Waals surface area contributed by atoms with Gasteiger partial charge in [-0.15, -0.1) is 0 Å². The highest BCUT2D eigenvalue weighted by molar-refractivity contribution is 5.99. The fourth-order valence-electron chi connectivity index (χ4n) is 3.41. The van der Waals surface area contributed by atoms with Gasteiger partial charge in [0.1, 0.15) is 0 Å². The number of benzene rings is 1. The maximum absolute atomic E-state index is 11.8. The van der Waals surface area contributed by atoms with E-state index in [1.54, 1.807) is 6.08 Å². The molecule has 0 radical (unpaired) electrons. The summed E-state index contributed by atoms with van der Waals surface area (Å²) in [6.45, 7) is 0. The molecule has 1 saturated carbocycles. The molecule has 0 saturated heterocycles. The van der Waals surface area contributed by atoms with Gasteiger partial charge in [-0.05, 0) is 35.0 Å². The number of carbonyl (C=O) groups is 1. The quantitative estimate of drug-likeness (QED) is 0.601. The van der Waals surface area contributed by atoms with Crippen LogP contribution in [-0.2, 0) is 4.79 Å². The van der Waals surface area contributed by atoms with Crippen molar-refractivity contribution in [3.63, 3.8) is 0 Å². The third-order valence-electron chi connectivity index (χ3n) is 4.00. The average molecular weight is 182 g/mol. The van der Waals surface area contributed by atoms with Crippen molar-refractivity contribution in [2.75, 3.05) is 0 Å². The first-order valence-electron chi connectivity index (χ1n) is 5.19. The molecule has 3 aliphatic rings. The second-order valence-corrected chi connectivity index (χ2v) is 4.55. The topological polar surface area (TPSA) is 17.1 Å². The molecule has 1 heteroatoms. The minimum Gasteiger partial charge on any atom is -0.294 e. The lowest BCUT2D eigenvalue weighted by Gasteiger charge is -2.16. The molecule has 4 rings (SSSR count). The molecule has 1 aromatic rings. The molecule has 0 bridgehead atoms. The molecule has 1 aromatic carbocycles. The largest absolute Gasteiger partial charge is 0.294 e. The first-order valence-corrected chi connectivity index (χ1v) is 5.19. The van der Waals surface area contributed by atoms with Crippen LogP contribution in [0.1, 0.15) is 23.0 Å². The summed E-state index contributed by atoms with van der Waals surface area (Å²) >= 11 is 0. The Balaban J connectivity index is 2.00. The Labute approximate surface area is 82.4 Å². The second-order valence-electron chi connectivity index (χ2n) is 4.55. The Morgan fingerprint density at radius 2 is 1.86 bits per heavy atom. The summed E-state index contributed by atoms with van der Waals surface area (Å²) in [5, 5.41) is 0. The van der Waals surface area contributed by atoms with E-state index in [0.717, 1.165) is 0 Å².